The molecular weight excluding hydrogens is 426 g/mol. The van der Waals surface area contributed by atoms with Crippen LogP contribution in [0.3, 0.4) is 0 Å². The first-order valence-corrected chi connectivity index (χ1v) is 9.67. The van der Waals surface area contributed by atoms with E-state index in [1.807, 2.05) is 19.9 Å². The molecule has 1 rings (SSSR count). The van der Waals surface area contributed by atoms with Crippen LogP contribution in [-0.4, -0.2) is 13.2 Å². The normalized spacial score (nSPS) is 11.6. The zero-order valence-electron chi connectivity index (χ0n) is 9.78. The van der Waals surface area contributed by atoms with E-state index in [1.54, 1.807) is 6.07 Å². The second-order valence-electron chi connectivity index (χ2n) is 3.07. The van der Waals surface area contributed by atoms with Crippen LogP contribution in [0.15, 0.2) is 21.1 Å². The molecule has 0 aliphatic carbocycles. The van der Waals surface area contributed by atoms with Crippen LogP contribution in [0.25, 0.3) is 0 Å². The fraction of sp³-hybridized carbons (Fsp3) is 0.400. The van der Waals surface area contributed by atoms with Crippen LogP contribution >= 0.6 is 50.2 Å². The van der Waals surface area contributed by atoms with Gasteiger partial charge in [0.1, 0.15) is 0 Å². The molecule has 0 aliphatic rings. The van der Waals surface area contributed by atoms with Gasteiger partial charge < -0.3 is 4.52 Å². The Bertz CT molecular complexity index is 439. The van der Waals surface area contributed by atoms with E-state index in [4.69, 9.17) is 37.0 Å². The second-order valence-corrected chi connectivity index (χ2v) is 8.18. The molecule has 0 aromatic heterocycles. The summed E-state index contributed by atoms with van der Waals surface area (Å²) in [4.78, 5) is 0. The van der Waals surface area contributed by atoms with Crippen LogP contribution in [0, 0.1) is 0 Å². The van der Waals surface area contributed by atoms with Crippen LogP contribution in [0.1, 0.15) is 13.8 Å². The highest BCUT2D eigenvalue weighted by atomic mass is 79.9. The maximum absolute atomic E-state index is 6.12. The summed E-state index contributed by atoms with van der Waals surface area (Å²) in [5.41, 5.74) is 0. The highest BCUT2D eigenvalue weighted by molar-refractivity contribution is 9.11. The fourth-order valence-corrected chi connectivity index (χ4v) is 5.21. The van der Waals surface area contributed by atoms with Gasteiger partial charge in [-0.05, 0) is 41.9 Å². The molecule has 3 nitrogen and oxygen atoms in total. The zero-order valence-corrected chi connectivity index (χ0v) is 15.4. The van der Waals surface area contributed by atoms with Crippen LogP contribution < -0.4 is 4.52 Å². The molecule has 0 atom stereocenters. The molecular formula is C10H12Br2ClO3PS. The van der Waals surface area contributed by atoms with Crippen molar-refractivity contribution in [3.05, 3.63) is 26.1 Å². The molecule has 0 saturated heterocycles. The first-order valence-electron chi connectivity index (χ1n) is 5.15. The van der Waals surface area contributed by atoms with Gasteiger partial charge in [0, 0.05) is 16.3 Å². The Morgan fingerprint density at radius 2 is 1.78 bits per heavy atom. The lowest BCUT2D eigenvalue weighted by Gasteiger charge is -2.22. The quantitative estimate of drug-likeness (QED) is 0.545. The van der Waals surface area contributed by atoms with Crippen molar-refractivity contribution in [3.63, 3.8) is 0 Å². The molecule has 0 unspecified atom stereocenters. The summed E-state index contributed by atoms with van der Waals surface area (Å²) in [5, 5.41) is 0.435. The monoisotopic (exact) mass is 436 g/mol. The van der Waals surface area contributed by atoms with Crippen molar-refractivity contribution in [1.82, 2.24) is 0 Å². The highest BCUT2D eigenvalue weighted by Gasteiger charge is 2.24. The van der Waals surface area contributed by atoms with Crippen molar-refractivity contribution in [1.29, 1.82) is 0 Å². The minimum atomic E-state index is -2.81. The third-order valence-corrected chi connectivity index (χ3v) is 5.48. The highest BCUT2D eigenvalue weighted by Crippen LogP contribution is 2.53. The summed E-state index contributed by atoms with van der Waals surface area (Å²) in [7, 11) is 0. The standard InChI is InChI=1S/C10H12Br2ClO3PS/c1-3-14-17(18,15-4-2)16-10-8(12)5-7(11)6-9(10)13/h5-6H,3-4H2,1-2H3. The van der Waals surface area contributed by atoms with Crippen LogP contribution in [0.2, 0.25) is 5.02 Å². The van der Waals surface area contributed by atoms with Crippen molar-refractivity contribution in [2.45, 2.75) is 13.8 Å². The maximum atomic E-state index is 6.12. The SMILES string of the molecule is CCOP(=S)(OCC)Oc1c(Cl)cc(Br)cc1Br. The summed E-state index contributed by atoms with van der Waals surface area (Å²) in [6.07, 6.45) is 0. The van der Waals surface area contributed by atoms with E-state index in [0.29, 0.717) is 28.5 Å². The van der Waals surface area contributed by atoms with E-state index in [-0.39, 0.29) is 0 Å². The largest absolute Gasteiger partial charge is 0.421 e. The molecule has 0 aliphatic heterocycles. The van der Waals surface area contributed by atoms with E-state index in [0.717, 1.165) is 4.47 Å². The van der Waals surface area contributed by atoms with Crippen molar-refractivity contribution < 1.29 is 13.6 Å². The summed E-state index contributed by atoms with van der Waals surface area (Å²) in [6, 6.07) is 3.54. The lowest BCUT2D eigenvalue weighted by atomic mass is 10.3. The Balaban J connectivity index is 3.04. The van der Waals surface area contributed by atoms with Gasteiger partial charge in [0.2, 0.25) is 0 Å². The molecule has 0 N–H and O–H groups in total. The van der Waals surface area contributed by atoms with Crippen LogP contribution in [0.5, 0.6) is 5.75 Å². The minimum absolute atomic E-state index is 0.420. The van der Waals surface area contributed by atoms with Gasteiger partial charge in [-0.3, -0.25) is 9.05 Å². The average molecular weight is 439 g/mol. The zero-order chi connectivity index (χ0) is 13.8. The lowest BCUT2D eigenvalue weighted by Crippen LogP contribution is -2.02. The number of hydrogen-bond donors (Lipinski definition) is 0. The topological polar surface area (TPSA) is 27.7 Å². The molecule has 0 radical (unpaired) electrons. The van der Waals surface area contributed by atoms with Crippen LogP contribution in [0.4, 0.5) is 0 Å². The van der Waals surface area contributed by atoms with Gasteiger partial charge >= 0.3 is 6.72 Å². The Labute approximate surface area is 134 Å². The van der Waals surface area contributed by atoms with Gasteiger partial charge in [-0.15, -0.1) is 0 Å². The van der Waals surface area contributed by atoms with Crippen molar-refractivity contribution in [3.8, 4) is 5.75 Å². The lowest BCUT2D eigenvalue weighted by molar-refractivity contribution is 0.217. The predicted octanol–water partition coefficient (Wildman–Crippen LogP) is 5.54. The third-order valence-electron chi connectivity index (χ3n) is 1.74. The van der Waals surface area contributed by atoms with E-state index < -0.39 is 6.72 Å². The second kappa shape index (κ2) is 7.58. The summed E-state index contributed by atoms with van der Waals surface area (Å²) in [5.74, 6) is 0.435. The van der Waals surface area contributed by atoms with Crippen molar-refractivity contribution in [2.24, 2.45) is 0 Å². The molecule has 0 amide bonds. The van der Waals surface area contributed by atoms with Crippen molar-refractivity contribution >= 4 is 62.0 Å². The van der Waals surface area contributed by atoms with E-state index in [1.165, 1.54) is 0 Å². The Kier molecular flexibility index (Phi) is 7.11. The number of halogens is 3. The molecule has 0 spiro atoms. The molecule has 1 aromatic carbocycles. The maximum Gasteiger partial charge on any atom is 0.380 e. The van der Waals surface area contributed by atoms with Gasteiger partial charge in [0.15, 0.2) is 5.75 Å². The van der Waals surface area contributed by atoms with E-state index in [2.05, 4.69) is 31.9 Å². The molecule has 0 fully saturated rings. The van der Waals surface area contributed by atoms with E-state index in [9.17, 15) is 0 Å². The summed E-state index contributed by atoms with van der Waals surface area (Å²) in [6.45, 7) is 1.70. The van der Waals surface area contributed by atoms with Gasteiger partial charge in [0.05, 0.1) is 22.7 Å². The third kappa shape index (κ3) is 4.75. The smallest absolute Gasteiger partial charge is 0.380 e. The first kappa shape index (κ1) is 16.9. The van der Waals surface area contributed by atoms with Crippen LogP contribution in [-0.2, 0) is 20.9 Å². The van der Waals surface area contributed by atoms with Gasteiger partial charge in [0.25, 0.3) is 0 Å². The molecule has 102 valence electrons. The predicted molar refractivity (Wildman–Crippen MR) is 85.0 cm³/mol. The van der Waals surface area contributed by atoms with E-state index >= 15 is 0 Å². The molecule has 1 aromatic rings. The Hall–Kier alpha value is 0.840. The fourth-order valence-electron chi connectivity index (χ4n) is 1.13. The molecule has 0 saturated carbocycles. The molecule has 8 heteroatoms. The number of rotatable bonds is 6. The van der Waals surface area contributed by atoms with Crippen molar-refractivity contribution in [2.75, 3.05) is 13.2 Å². The molecule has 18 heavy (non-hydrogen) atoms. The molecule has 0 bridgehead atoms. The van der Waals surface area contributed by atoms with Gasteiger partial charge in [-0.25, -0.2) is 0 Å². The van der Waals surface area contributed by atoms with Gasteiger partial charge in [-0.1, -0.05) is 27.5 Å². The minimum Gasteiger partial charge on any atom is -0.421 e. The summed E-state index contributed by atoms with van der Waals surface area (Å²) < 4.78 is 18.0. The number of hydrogen-bond acceptors (Lipinski definition) is 4. The average Bonchev–Trinajstić information content (AvgIpc) is 2.24. The molecule has 0 heterocycles. The first-order chi connectivity index (χ1) is 8.41. The van der Waals surface area contributed by atoms with Gasteiger partial charge in [-0.2, -0.15) is 0 Å². The Morgan fingerprint density at radius 1 is 1.22 bits per heavy atom. The number of benzene rings is 1. The Morgan fingerprint density at radius 3 is 2.22 bits per heavy atom. The summed E-state index contributed by atoms with van der Waals surface area (Å²) >= 11 is 18.1.